The first-order valence-electron chi connectivity index (χ1n) is 11.7. The van der Waals surface area contributed by atoms with Gasteiger partial charge in [-0.2, -0.15) is 0 Å². The number of hydrogen-bond donors (Lipinski definition) is 0. The molecule has 0 bridgehead atoms. The molecule has 1 aliphatic carbocycles. The lowest BCUT2D eigenvalue weighted by atomic mass is 9.86. The lowest BCUT2D eigenvalue weighted by molar-refractivity contribution is -0.114. The number of carbonyl (C=O) groups excluding carboxylic acids is 1. The molecule has 0 fully saturated rings. The molecule has 1 aliphatic rings. The van der Waals surface area contributed by atoms with Crippen molar-refractivity contribution in [3.63, 3.8) is 0 Å². The summed E-state index contributed by atoms with van der Waals surface area (Å²) in [4.78, 5) is 12.3. The zero-order chi connectivity index (χ0) is 22.5. The first-order valence-corrected chi connectivity index (χ1v) is 13.8. The van der Waals surface area contributed by atoms with Crippen LogP contribution in [0.25, 0.3) is 0 Å². The van der Waals surface area contributed by atoms with E-state index in [0.717, 1.165) is 36.3 Å². The fraction of sp³-hybridized carbons (Fsp3) is 0.654. The van der Waals surface area contributed by atoms with Crippen LogP contribution in [0.15, 0.2) is 39.5 Å². The standard InChI is InChI=1S/C26H42O3Si/c1-18(2)13-24(27)14-22-11-9-10-12-23(22)15-25-16-26(17-28-25)29-30(19(3)4,20(5)6)21(7)8/h13,16-17,19-21H,9-12,14-15H2,1-8H3. The zero-order valence-corrected chi connectivity index (χ0v) is 21.4. The summed E-state index contributed by atoms with van der Waals surface area (Å²) in [6, 6.07) is 2.09. The van der Waals surface area contributed by atoms with Crippen molar-refractivity contribution in [3.8, 4) is 5.75 Å². The van der Waals surface area contributed by atoms with Gasteiger partial charge in [-0.25, -0.2) is 0 Å². The maximum absolute atomic E-state index is 12.3. The van der Waals surface area contributed by atoms with Crippen LogP contribution in [-0.4, -0.2) is 14.1 Å². The monoisotopic (exact) mass is 430 g/mol. The molecule has 0 atom stereocenters. The van der Waals surface area contributed by atoms with E-state index in [2.05, 4.69) is 47.6 Å². The Morgan fingerprint density at radius 3 is 2.13 bits per heavy atom. The average molecular weight is 431 g/mol. The highest BCUT2D eigenvalue weighted by Gasteiger charge is 2.47. The van der Waals surface area contributed by atoms with E-state index >= 15 is 0 Å². The molecule has 1 heterocycles. The maximum Gasteiger partial charge on any atom is 0.258 e. The van der Waals surface area contributed by atoms with E-state index in [1.807, 2.05) is 13.8 Å². The van der Waals surface area contributed by atoms with Crippen LogP contribution in [0.4, 0.5) is 0 Å². The van der Waals surface area contributed by atoms with Gasteiger partial charge >= 0.3 is 0 Å². The molecule has 30 heavy (non-hydrogen) atoms. The molecular weight excluding hydrogens is 388 g/mol. The van der Waals surface area contributed by atoms with Gasteiger partial charge in [0.2, 0.25) is 0 Å². The first-order chi connectivity index (χ1) is 14.1. The van der Waals surface area contributed by atoms with Gasteiger partial charge in [0.15, 0.2) is 5.78 Å². The molecule has 1 aromatic rings. The topological polar surface area (TPSA) is 39.4 Å². The van der Waals surface area contributed by atoms with E-state index < -0.39 is 8.32 Å². The van der Waals surface area contributed by atoms with Gasteiger partial charge in [-0.1, -0.05) is 58.3 Å². The molecule has 0 amide bonds. The minimum Gasteiger partial charge on any atom is -0.541 e. The Kier molecular flexibility index (Phi) is 8.78. The Morgan fingerprint density at radius 1 is 1.03 bits per heavy atom. The van der Waals surface area contributed by atoms with Crippen LogP contribution in [0.5, 0.6) is 5.75 Å². The number of rotatable bonds is 10. The number of ketones is 1. The summed E-state index contributed by atoms with van der Waals surface area (Å²) in [6.45, 7) is 17.8. The summed E-state index contributed by atoms with van der Waals surface area (Å²) in [5.41, 5.74) is 5.37. The summed E-state index contributed by atoms with van der Waals surface area (Å²) < 4.78 is 12.7. The van der Waals surface area contributed by atoms with E-state index in [0.29, 0.717) is 23.0 Å². The zero-order valence-electron chi connectivity index (χ0n) is 20.4. The Hall–Kier alpha value is -1.55. The molecule has 4 heteroatoms. The number of furan rings is 1. The van der Waals surface area contributed by atoms with Crippen molar-refractivity contribution in [1.82, 2.24) is 0 Å². The van der Waals surface area contributed by atoms with E-state index in [9.17, 15) is 4.79 Å². The Balaban J connectivity index is 2.20. The highest BCUT2D eigenvalue weighted by atomic mass is 28.4. The van der Waals surface area contributed by atoms with Crippen LogP contribution in [-0.2, 0) is 11.2 Å². The number of hydrogen-bond acceptors (Lipinski definition) is 3. The summed E-state index contributed by atoms with van der Waals surface area (Å²) in [5, 5.41) is 0. The summed E-state index contributed by atoms with van der Waals surface area (Å²) >= 11 is 0. The molecule has 3 nitrogen and oxygen atoms in total. The number of allylic oxidation sites excluding steroid dienone is 4. The van der Waals surface area contributed by atoms with Gasteiger partial charge in [-0.05, 0) is 62.2 Å². The molecule has 0 saturated carbocycles. The number of carbonyl (C=O) groups is 1. The molecule has 0 spiro atoms. The molecular formula is C26H42O3Si. The normalized spacial score (nSPS) is 15.3. The second-order valence-corrected chi connectivity index (χ2v) is 15.5. The van der Waals surface area contributed by atoms with E-state index in [1.54, 1.807) is 12.3 Å². The van der Waals surface area contributed by atoms with Gasteiger partial charge in [-0.15, -0.1) is 0 Å². The molecule has 0 aromatic carbocycles. The van der Waals surface area contributed by atoms with Crippen molar-refractivity contribution < 1.29 is 13.6 Å². The predicted molar refractivity (Wildman–Crippen MR) is 129 cm³/mol. The van der Waals surface area contributed by atoms with Crippen LogP contribution < -0.4 is 4.43 Å². The van der Waals surface area contributed by atoms with Crippen LogP contribution in [0, 0.1) is 0 Å². The smallest absolute Gasteiger partial charge is 0.258 e. The van der Waals surface area contributed by atoms with Gasteiger partial charge in [0, 0.05) is 18.9 Å². The van der Waals surface area contributed by atoms with E-state index in [4.69, 9.17) is 8.84 Å². The maximum atomic E-state index is 12.3. The molecule has 0 saturated heterocycles. The van der Waals surface area contributed by atoms with Crippen molar-refractivity contribution in [3.05, 3.63) is 40.9 Å². The van der Waals surface area contributed by atoms with Crippen LogP contribution in [0.2, 0.25) is 16.6 Å². The molecule has 1 aromatic heterocycles. The quantitative estimate of drug-likeness (QED) is 0.213. The highest BCUT2D eigenvalue weighted by molar-refractivity contribution is 6.78. The van der Waals surface area contributed by atoms with Crippen LogP contribution >= 0.6 is 0 Å². The van der Waals surface area contributed by atoms with Crippen LogP contribution in [0.3, 0.4) is 0 Å². The third kappa shape index (κ3) is 6.00. The average Bonchev–Trinajstić information content (AvgIpc) is 3.06. The molecule has 2 rings (SSSR count). The molecule has 0 N–H and O–H groups in total. The largest absolute Gasteiger partial charge is 0.541 e. The highest BCUT2D eigenvalue weighted by Crippen LogP contribution is 2.43. The van der Waals surface area contributed by atoms with Gasteiger partial charge in [-0.3, -0.25) is 4.79 Å². The fourth-order valence-corrected chi connectivity index (χ4v) is 10.5. The van der Waals surface area contributed by atoms with Gasteiger partial charge in [0.05, 0.1) is 0 Å². The summed E-state index contributed by atoms with van der Waals surface area (Å²) in [7, 11) is -1.98. The minimum absolute atomic E-state index is 0.217. The lowest BCUT2D eigenvalue weighted by Gasteiger charge is -2.41. The second-order valence-electron chi connectivity index (χ2n) is 10.1. The SMILES string of the molecule is CC(C)=CC(=O)CC1=C(Cc2cc(O[Si](C(C)C)(C(C)C)C(C)C)co2)CCCC1. The minimum atomic E-state index is -1.98. The lowest BCUT2D eigenvalue weighted by Crippen LogP contribution is -2.50. The molecule has 0 unspecified atom stereocenters. The van der Waals surface area contributed by atoms with Crippen molar-refractivity contribution in [2.24, 2.45) is 0 Å². The van der Waals surface area contributed by atoms with Crippen molar-refractivity contribution in [1.29, 1.82) is 0 Å². The van der Waals surface area contributed by atoms with Crippen molar-refractivity contribution in [2.75, 3.05) is 0 Å². The van der Waals surface area contributed by atoms with Gasteiger partial charge < -0.3 is 8.84 Å². The Labute approximate surface area is 185 Å². The Morgan fingerprint density at radius 2 is 1.60 bits per heavy atom. The van der Waals surface area contributed by atoms with Gasteiger partial charge in [0.25, 0.3) is 8.32 Å². The second kappa shape index (κ2) is 10.7. The molecule has 168 valence electrons. The third-order valence-corrected chi connectivity index (χ3v) is 12.6. The third-order valence-electron chi connectivity index (χ3n) is 6.56. The van der Waals surface area contributed by atoms with E-state index in [-0.39, 0.29) is 5.78 Å². The molecule has 0 aliphatic heterocycles. The van der Waals surface area contributed by atoms with Crippen molar-refractivity contribution >= 4 is 14.1 Å². The fourth-order valence-electron chi connectivity index (χ4n) is 5.32. The first kappa shape index (κ1) is 24.7. The predicted octanol–water partition coefficient (Wildman–Crippen LogP) is 8.17. The summed E-state index contributed by atoms with van der Waals surface area (Å²) in [5.74, 6) is 2.05. The van der Waals surface area contributed by atoms with E-state index in [1.165, 1.54) is 24.0 Å². The van der Waals surface area contributed by atoms with Gasteiger partial charge in [0.1, 0.15) is 17.8 Å². The Bertz CT molecular complexity index is 754. The van der Waals surface area contributed by atoms with Crippen LogP contribution in [0.1, 0.15) is 93.3 Å². The summed E-state index contributed by atoms with van der Waals surface area (Å²) in [6.07, 6.45) is 9.38. The molecule has 0 radical (unpaired) electrons. The van der Waals surface area contributed by atoms with Crippen molar-refractivity contribution in [2.45, 2.75) is 111 Å².